The molecule has 0 aromatic heterocycles. The first-order valence-corrected chi connectivity index (χ1v) is 9.64. The Morgan fingerprint density at radius 3 is 2.41 bits per heavy atom. The molecule has 2 aromatic rings. The summed E-state index contributed by atoms with van der Waals surface area (Å²) in [6.45, 7) is 0.316. The van der Waals surface area contributed by atoms with Crippen molar-refractivity contribution in [3.05, 3.63) is 53.6 Å². The molecule has 0 spiro atoms. The minimum Gasteiger partial charge on any atom is -0.508 e. The van der Waals surface area contributed by atoms with Crippen LogP contribution in [0.1, 0.15) is 22.8 Å². The van der Waals surface area contributed by atoms with Crippen LogP contribution in [0.15, 0.2) is 47.5 Å². The summed E-state index contributed by atoms with van der Waals surface area (Å²) in [6, 6.07) is 10.5. The van der Waals surface area contributed by atoms with Crippen LogP contribution in [0.2, 0.25) is 0 Å². The van der Waals surface area contributed by atoms with Gasteiger partial charge in [0.2, 0.25) is 0 Å². The van der Waals surface area contributed by atoms with E-state index in [0.29, 0.717) is 42.5 Å². The third kappa shape index (κ3) is 9.12. The number of hydrogen-bond acceptors (Lipinski definition) is 5. The van der Waals surface area contributed by atoms with E-state index < -0.39 is 6.61 Å². The van der Waals surface area contributed by atoms with Gasteiger partial charge in [0.15, 0.2) is 5.96 Å². The molecule has 0 heterocycles. The van der Waals surface area contributed by atoms with E-state index in [0.717, 1.165) is 0 Å². The van der Waals surface area contributed by atoms with Gasteiger partial charge >= 0.3 is 6.61 Å². The third-order valence-electron chi connectivity index (χ3n) is 4.07. The molecule has 0 aliphatic heterocycles. The van der Waals surface area contributed by atoms with Gasteiger partial charge in [0.25, 0.3) is 5.91 Å². The average molecular weight is 564 g/mol. The fourth-order valence-electron chi connectivity index (χ4n) is 2.60. The van der Waals surface area contributed by atoms with Crippen molar-refractivity contribution in [1.82, 2.24) is 16.0 Å². The molecule has 0 fully saturated rings. The molecule has 0 aliphatic carbocycles. The minimum atomic E-state index is -2.94. The van der Waals surface area contributed by atoms with Crippen molar-refractivity contribution in [2.45, 2.75) is 20.1 Å². The molecular formula is C21H27F2IN4O4. The number of alkyl halides is 2. The first-order chi connectivity index (χ1) is 14.9. The van der Waals surface area contributed by atoms with Gasteiger partial charge in [-0.15, -0.1) is 24.0 Å². The van der Waals surface area contributed by atoms with Crippen LogP contribution in [0.25, 0.3) is 0 Å². The topological polar surface area (TPSA) is 104 Å². The zero-order chi connectivity index (χ0) is 22.6. The number of rotatable bonds is 10. The van der Waals surface area contributed by atoms with Crippen LogP contribution < -0.4 is 25.4 Å². The summed E-state index contributed by atoms with van der Waals surface area (Å²) in [5, 5.41) is 18.1. The van der Waals surface area contributed by atoms with Crippen molar-refractivity contribution in [3.8, 4) is 17.2 Å². The summed E-state index contributed by atoms with van der Waals surface area (Å²) in [7, 11) is 1.48. The van der Waals surface area contributed by atoms with Crippen molar-refractivity contribution in [2.24, 2.45) is 4.99 Å². The van der Waals surface area contributed by atoms with Crippen LogP contribution in [0.5, 0.6) is 17.2 Å². The van der Waals surface area contributed by atoms with E-state index in [2.05, 4.69) is 25.7 Å². The number of carbonyl (C=O) groups is 1. The number of aromatic hydroxyl groups is 1. The van der Waals surface area contributed by atoms with E-state index in [1.54, 1.807) is 6.07 Å². The zero-order valence-electron chi connectivity index (χ0n) is 17.7. The Balaban J connectivity index is 0.00000512. The highest BCUT2D eigenvalue weighted by molar-refractivity contribution is 14.0. The highest BCUT2D eigenvalue weighted by Crippen LogP contribution is 2.26. The smallest absolute Gasteiger partial charge is 0.387 e. The fraction of sp³-hybridized carbons (Fsp3) is 0.333. The zero-order valence-corrected chi connectivity index (χ0v) is 20.1. The predicted octanol–water partition coefficient (Wildman–Crippen LogP) is 3.11. The molecule has 1 amide bonds. The quantitative estimate of drug-likeness (QED) is 0.153. The lowest BCUT2D eigenvalue weighted by Crippen LogP contribution is -2.41. The number of benzene rings is 2. The first-order valence-electron chi connectivity index (χ1n) is 9.64. The molecule has 2 rings (SSSR count). The van der Waals surface area contributed by atoms with E-state index >= 15 is 0 Å². The minimum absolute atomic E-state index is 0. The molecule has 176 valence electrons. The molecule has 2 aromatic carbocycles. The van der Waals surface area contributed by atoms with E-state index in [-0.39, 0.29) is 47.9 Å². The Labute approximate surface area is 202 Å². The molecule has 0 saturated carbocycles. The van der Waals surface area contributed by atoms with Crippen molar-refractivity contribution >= 4 is 35.8 Å². The maximum Gasteiger partial charge on any atom is 0.387 e. The average Bonchev–Trinajstić information content (AvgIpc) is 2.75. The van der Waals surface area contributed by atoms with E-state index in [9.17, 15) is 18.7 Å². The van der Waals surface area contributed by atoms with Gasteiger partial charge in [-0.25, -0.2) is 4.99 Å². The molecule has 0 aliphatic rings. The van der Waals surface area contributed by atoms with Gasteiger partial charge < -0.3 is 30.5 Å². The molecule has 0 saturated heterocycles. The number of aliphatic imine (C=N–C) groups is 1. The number of nitrogens with one attached hydrogen (secondary N) is 3. The lowest BCUT2D eigenvalue weighted by molar-refractivity contribution is -0.0504. The third-order valence-corrected chi connectivity index (χ3v) is 4.07. The number of methoxy groups -OCH3 is 1. The number of phenolic OH excluding ortho intramolecular Hbond substituents is 1. The summed E-state index contributed by atoms with van der Waals surface area (Å²) < 4.78 is 35.0. The second-order valence-electron chi connectivity index (χ2n) is 6.28. The maximum absolute atomic E-state index is 12.7. The summed E-state index contributed by atoms with van der Waals surface area (Å²) in [4.78, 5) is 16.5. The Kier molecular flexibility index (Phi) is 12.1. The van der Waals surface area contributed by atoms with Crippen molar-refractivity contribution in [1.29, 1.82) is 0 Å². The van der Waals surface area contributed by atoms with Gasteiger partial charge in [0.05, 0.1) is 13.7 Å². The van der Waals surface area contributed by atoms with Crippen LogP contribution in [0.4, 0.5) is 8.78 Å². The number of nitrogens with zero attached hydrogens (tertiary/aromatic N) is 1. The lowest BCUT2D eigenvalue weighted by Gasteiger charge is -2.14. The normalized spacial score (nSPS) is 10.8. The molecule has 0 atom stereocenters. The number of carbonyl (C=O) groups excluding carboxylic acids is 1. The van der Waals surface area contributed by atoms with Crippen LogP contribution in [-0.4, -0.2) is 50.3 Å². The van der Waals surface area contributed by atoms with Crippen LogP contribution in [0.3, 0.4) is 0 Å². The molecule has 4 N–H and O–H groups in total. The van der Waals surface area contributed by atoms with Crippen molar-refractivity contribution < 1.29 is 28.2 Å². The Hall–Kier alpha value is -2.83. The molecule has 8 nitrogen and oxygen atoms in total. The Morgan fingerprint density at radius 2 is 1.78 bits per heavy atom. The van der Waals surface area contributed by atoms with Gasteiger partial charge in [-0.3, -0.25) is 4.79 Å². The van der Waals surface area contributed by atoms with Crippen LogP contribution >= 0.6 is 24.0 Å². The number of amides is 1. The molecular weight excluding hydrogens is 537 g/mol. The van der Waals surface area contributed by atoms with E-state index in [4.69, 9.17) is 4.74 Å². The summed E-state index contributed by atoms with van der Waals surface area (Å²) >= 11 is 0. The van der Waals surface area contributed by atoms with Gasteiger partial charge in [-0.1, -0.05) is 0 Å². The first kappa shape index (κ1) is 27.2. The SMILES string of the molecule is CCNC(=NCc1cc(OC)ccc1OC(F)F)NCCNC(=O)c1ccc(O)cc1.I. The number of halogens is 3. The van der Waals surface area contributed by atoms with Crippen molar-refractivity contribution in [2.75, 3.05) is 26.7 Å². The summed E-state index contributed by atoms with van der Waals surface area (Å²) in [5.41, 5.74) is 0.875. The molecule has 32 heavy (non-hydrogen) atoms. The number of ether oxygens (including phenoxy) is 2. The standard InChI is InChI=1S/C21H26F2N4O4.HI/c1-3-24-21(26-11-10-25-19(29)14-4-6-16(28)7-5-14)27-13-15-12-17(30-2)8-9-18(15)31-20(22)23;/h4-9,12,20,28H,3,10-11,13H2,1-2H3,(H,25,29)(H2,24,26,27);1H. The predicted molar refractivity (Wildman–Crippen MR) is 128 cm³/mol. The summed E-state index contributed by atoms with van der Waals surface area (Å²) in [6.07, 6.45) is 0. The largest absolute Gasteiger partial charge is 0.508 e. The van der Waals surface area contributed by atoms with Crippen molar-refractivity contribution in [3.63, 3.8) is 0 Å². The second-order valence-corrected chi connectivity index (χ2v) is 6.28. The number of phenols is 1. The van der Waals surface area contributed by atoms with Crippen LogP contribution in [-0.2, 0) is 6.54 Å². The van der Waals surface area contributed by atoms with E-state index in [1.165, 1.54) is 43.5 Å². The maximum atomic E-state index is 12.7. The molecule has 0 radical (unpaired) electrons. The van der Waals surface area contributed by atoms with E-state index in [1.807, 2.05) is 6.92 Å². The van der Waals surface area contributed by atoms with Gasteiger partial charge in [0.1, 0.15) is 17.2 Å². The fourth-order valence-corrected chi connectivity index (χ4v) is 2.60. The van der Waals surface area contributed by atoms with Crippen LogP contribution in [0, 0.1) is 0 Å². The van der Waals surface area contributed by atoms with Gasteiger partial charge in [0, 0.05) is 30.8 Å². The highest BCUT2D eigenvalue weighted by atomic mass is 127. The second kappa shape index (κ2) is 14.3. The number of hydrogen-bond donors (Lipinski definition) is 4. The lowest BCUT2D eigenvalue weighted by atomic mass is 10.2. The molecule has 11 heteroatoms. The molecule has 0 unspecified atom stereocenters. The molecule has 0 bridgehead atoms. The van der Waals surface area contributed by atoms with Gasteiger partial charge in [-0.05, 0) is 49.4 Å². The highest BCUT2D eigenvalue weighted by Gasteiger charge is 2.11. The monoisotopic (exact) mass is 564 g/mol. The Morgan fingerprint density at radius 1 is 1.09 bits per heavy atom. The number of guanidine groups is 1. The summed E-state index contributed by atoms with van der Waals surface area (Å²) in [5.74, 6) is 0.794. The van der Waals surface area contributed by atoms with Gasteiger partial charge in [-0.2, -0.15) is 8.78 Å². The Bertz CT molecular complexity index is 883.